The molecular formula is C31H29BrN2O3. The van der Waals surface area contributed by atoms with Crippen LogP contribution in [0.15, 0.2) is 89.0 Å². The van der Waals surface area contributed by atoms with Crippen molar-refractivity contribution in [2.75, 3.05) is 6.54 Å². The van der Waals surface area contributed by atoms with Gasteiger partial charge in [-0.25, -0.2) is 0 Å². The van der Waals surface area contributed by atoms with Gasteiger partial charge in [0.05, 0.1) is 11.6 Å². The summed E-state index contributed by atoms with van der Waals surface area (Å²) in [4.78, 5) is 31.6. The van der Waals surface area contributed by atoms with E-state index in [0.29, 0.717) is 18.5 Å². The van der Waals surface area contributed by atoms with Gasteiger partial charge in [-0.2, -0.15) is 0 Å². The highest BCUT2D eigenvalue weighted by Crippen LogP contribution is 2.40. The van der Waals surface area contributed by atoms with Crippen LogP contribution in [0.3, 0.4) is 0 Å². The van der Waals surface area contributed by atoms with Gasteiger partial charge < -0.3 is 15.0 Å². The monoisotopic (exact) mass is 556 g/mol. The quantitative estimate of drug-likeness (QED) is 0.159. The molecular weight excluding hydrogens is 528 g/mol. The zero-order valence-corrected chi connectivity index (χ0v) is 22.7. The Bertz CT molecular complexity index is 1510. The third-order valence-electron chi connectivity index (χ3n) is 7.05. The Morgan fingerprint density at radius 2 is 1.65 bits per heavy atom. The third kappa shape index (κ3) is 4.74. The Morgan fingerprint density at radius 3 is 2.32 bits per heavy atom. The molecule has 1 fully saturated rings. The Balaban J connectivity index is 1.57. The Kier molecular flexibility index (Phi) is 6.54. The van der Waals surface area contributed by atoms with Gasteiger partial charge >= 0.3 is 0 Å². The van der Waals surface area contributed by atoms with Crippen molar-refractivity contribution >= 4 is 44.3 Å². The second kappa shape index (κ2) is 9.67. The van der Waals surface area contributed by atoms with Crippen LogP contribution < -0.4 is 0 Å². The second-order valence-electron chi connectivity index (χ2n) is 10.5. The van der Waals surface area contributed by atoms with Crippen LogP contribution in [0.5, 0.6) is 0 Å². The number of hydrogen-bond acceptors (Lipinski definition) is 3. The number of rotatable bonds is 5. The lowest BCUT2D eigenvalue weighted by molar-refractivity contribution is -0.139. The molecule has 188 valence electrons. The number of hydrogen-bond donors (Lipinski definition) is 2. The zero-order chi connectivity index (χ0) is 26.3. The molecule has 1 saturated heterocycles. The van der Waals surface area contributed by atoms with Crippen molar-refractivity contribution < 1.29 is 14.7 Å². The van der Waals surface area contributed by atoms with Crippen LogP contribution in [-0.4, -0.2) is 33.2 Å². The number of fused-ring (bicyclic) bond motifs is 1. The minimum Gasteiger partial charge on any atom is -0.507 e. The predicted molar refractivity (Wildman–Crippen MR) is 150 cm³/mol. The summed E-state index contributed by atoms with van der Waals surface area (Å²) in [7, 11) is 0. The molecule has 1 atom stereocenters. The minimum absolute atomic E-state index is 0.0346. The maximum absolute atomic E-state index is 13.4. The molecule has 5 nitrogen and oxygen atoms in total. The highest BCUT2D eigenvalue weighted by Gasteiger charge is 2.46. The van der Waals surface area contributed by atoms with Gasteiger partial charge in [0.25, 0.3) is 11.7 Å². The van der Waals surface area contributed by atoms with Gasteiger partial charge in [0.2, 0.25) is 0 Å². The van der Waals surface area contributed by atoms with Crippen molar-refractivity contribution in [2.24, 2.45) is 0 Å². The van der Waals surface area contributed by atoms with Gasteiger partial charge in [-0.1, -0.05) is 91.3 Å². The molecule has 37 heavy (non-hydrogen) atoms. The van der Waals surface area contributed by atoms with Crippen LogP contribution in [0, 0.1) is 0 Å². The number of aromatic nitrogens is 1. The lowest BCUT2D eigenvalue weighted by atomic mass is 9.85. The highest BCUT2D eigenvalue weighted by molar-refractivity contribution is 9.10. The summed E-state index contributed by atoms with van der Waals surface area (Å²) < 4.78 is 0.859. The number of benzene rings is 3. The molecule has 0 saturated carbocycles. The number of H-pyrrole nitrogens is 1. The van der Waals surface area contributed by atoms with Crippen LogP contribution >= 0.6 is 15.9 Å². The number of aliphatic hydroxyl groups excluding tert-OH is 1. The van der Waals surface area contributed by atoms with Gasteiger partial charge in [0.1, 0.15) is 5.76 Å². The maximum atomic E-state index is 13.4. The summed E-state index contributed by atoms with van der Waals surface area (Å²) >= 11 is 3.41. The first-order valence-corrected chi connectivity index (χ1v) is 13.1. The molecule has 1 aliphatic rings. The molecule has 0 bridgehead atoms. The fourth-order valence-electron chi connectivity index (χ4n) is 4.97. The smallest absolute Gasteiger partial charge is 0.295 e. The molecule has 1 unspecified atom stereocenters. The fraction of sp³-hybridized carbons (Fsp3) is 0.226. The first-order valence-electron chi connectivity index (χ1n) is 12.3. The molecule has 1 aromatic heterocycles. The van der Waals surface area contributed by atoms with E-state index in [-0.39, 0.29) is 16.7 Å². The van der Waals surface area contributed by atoms with Gasteiger partial charge in [0, 0.05) is 33.7 Å². The van der Waals surface area contributed by atoms with Gasteiger partial charge in [-0.3, -0.25) is 9.59 Å². The number of halogens is 1. The van der Waals surface area contributed by atoms with E-state index in [4.69, 9.17) is 0 Å². The van der Waals surface area contributed by atoms with Crippen molar-refractivity contribution in [1.29, 1.82) is 0 Å². The minimum atomic E-state index is -0.678. The molecule has 0 spiro atoms. The average molecular weight is 557 g/mol. The number of nitrogens with one attached hydrogen (secondary N) is 1. The number of Topliss-reactive ketones (excluding diaryl/α,β-unsaturated/α-hetero) is 1. The highest BCUT2D eigenvalue weighted by atomic mass is 79.9. The van der Waals surface area contributed by atoms with Crippen molar-refractivity contribution in [3.8, 4) is 0 Å². The number of nitrogens with zero attached hydrogens (tertiary/aromatic N) is 1. The Morgan fingerprint density at radius 1 is 0.973 bits per heavy atom. The van der Waals surface area contributed by atoms with E-state index in [9.17, 15) is 14.7 Å². The van der Waals surface area contributed by atoms with E-state index in [1.54, 1.807) is 29.2 Å². The van der Waals surface area contributed by atoms with E-state index in [1.807, 2.05) is 54.7 Å². The number of aliphatic hydroxyl groups is 1. The van der Waals surface area contributed by atoms with Crippen molar-refractivity contribution in [3.63, 3.8) is 0 Å². The molecule has 2 heterocycles. The number of likely N-dealkylation sites (tertiary alicyclic amines) is 1. The SMILES string of the molecule is CC(C)(C)c1ccc(C2C(=C(O)c3ccc(Br)cc3)C(=O)C(=O)N2CCc2c[nH]c3ccccc23)cc1. The molecule has 0 aliphatic carbocycles. The van der Waals surface area contributed by atoms with Crippen LogP contribution in [0.25, 0.3) is 16.7 Å². The van der Waals surface area contributed by atoms with E-state index in [1.165, 1.54) is 0 Å². The van der Waals surface area contributed by atoms with E-state index in [0.717, 1.165) is 32.1 Å². The molecule has 1 aliphatic heterocycles. The van der Waals surface area contributed by atoms with Crippen LogP contribution in [-0.2, 0) is 21.4 Å². The standard InChI is InChI=1S/C31H29BrN2O3/c1-31(2,3)22-12-8-19(9-13-22)27-26(28(35)20-10-14-23(32)15-11-20)29(36)30(37)34(27)17-16-21-18-33-25-7-5-4-6-24(21)25/h4-15,18,27,33,35H,16-17H2,1-3H3. The summed E-state index contributed by atoms with van der Waals surface area (Å²) in [5.74, 6) is -1.42. The number of carbonyl (C=O) groups is 2. The number of carbonyl (C=O) groups excluding carboxylic acids is 2. The maximum Gasteiger partial charge on any atom is 0.295 e. The molecule has 5 rings (SSSR count). The first-order chi connectivity index (χ1) is 17.6. The van der Waals surface area contributed by atoms with Crippen molar-refractivity contribution in [1.82, 2.24) is 9.88 Å². The summed E-state index contributed by atoms with van der Waals surface area (Å²) in [6.07, 6.45) is 2.53. The normalized spacial score (nSPS) is 17.6. The van der Waals surface area contributed by atoms with Crippen molar-refractivity contribution in [3.05, 3.63) is 111 Å². The summed E-state index contributed by atoms with van der Waals surface area (Å²) in [6.45, 7) is 6.77. The lowest BCUT2D eigenvalue weighted by Crippen LogP contribution is -2.31. The Hall–Kier alpha value is -3.64. The molecule has 4 aromatic rings. The number of ketones is 1. The van der Waals surface area contributed by atoms with E-state index < -0.39 is 17.7 Å². The fourth-order valence-corrected chi connectivity index (χ4v) is 5.23. The molecule has 1 amide bonds. The van der Waals surface area contributed by atoms with Gasteiger partial charge in [-0.05, 0) is 46.7 Å². The predicted octanol–water partition coefficient (Wildman–Crippen LogP) is 6.89. The zero-order valence-electron chi connectivity index (χ0n) is 21.1. The summed E-state index contributed by atoms with van der Waals surface area (Å²) in [5.41, 5.74) is 4.64. The van der Waals surface area contributed by atoms with Crippen LogP contribution in [0.2, 0.25) is 0 Å². The average Bonchev–Trinajstić information content (AvgIpc) is 3.41. The van der Waals surface area contributed by atoms with Gasteiger partial charge in [-0.15, -0.1) is 0 Å². The summed E-state index contributed by atoms with van der Waals surface area (Å²) in [6, 6.07) is 22.4. The van der Waals surface area contributed by atoms with E-state index >= 15 is 0 Å². The summed E-state index contributed by atoms with van der Waals surface area (Å²) in [5, 5.41) is 12.4. The number of para-hydroxylation sites is 1. The number of amides is 1. The van der Waals surface area contributed by atoms with Crippen LogP contribution in [0.4, 0.5) is 0 Å². The lowest BCUT2D eigenvalue weighted by Gasteiger charge is -2.26. The van der Waals surface area contributed by atoms with Crippen molar-refractivity contribution in [2.45, 2.75) is 38.6 Å². The van der Waals surface area contributed by atoms with Gasteiger partial charge in [0.15, 0.2) is 0 Å². The number of aromatic amines is 1. The molecule has 3 aromatic carbocycles. The molecule has 6 heteroatoms. The molecule has 2 N–H and O–H groups in total. The largest absolute Gasteiger partial charge is 0.507 e. The first kappa shape index (κ1) is 25.0. The second-order valence-corrected chi connectivity index (χ2v) is 11.4. The topological polar surface area (TPSA) is 73.4 Å². The Labute approximate surface area is 225 Å². The third-order valence-corrected chi connectivity index (χ3v) is 7.58. The molecule has 0 radical (unpaired) electrons. The van der Waals surface area contributed by atoms with Crippen LogP contribution in [0.1, 0.15) is 49.1 Å². The van der Waals surface area contributed by atoms with E-state index in [2.05, 4.69) is 41.7 Å².